The van der Waals surface area contributed by atoms with E-state index >= 15 is 0 Å². The molecule has 0 spiro atoms. The maximum Gasteiger partial charge on any atom is 0.199 e. The van der Waals surface area contributed by atoms with Crippen molar-refractivity contribution in [1.82, 2.24) is 0 Å². The van der Waals surface area contributed by atoms with Gasteiger partial charge in [-0.15, -0.1) is 58.8 Å². The van der Waals surface area contributed by atoms with E-state index in [4.69, 9.17) is 10.2 Å². The summed E-state index contributed by atoms with van der Waals surface area (Å²) in [6.45, 7) is 0. The number of rotatable bonds is 26. The molecule has 2 N–H and O–H groups in total. The Kier molecular flexibility index (Phi) is 32.6. The van der Waals surface area contributed by atoms with Crippen LogP contribution >= 0.6 is 106 Å². The molecular formula is C18H34O6S11. The summed E-state index contributed by atoms with van der Waals surface area (Å²) in [5.74, 6) is 6.71. The Labute approximate surface area is 254 Å². The molecule has 0 aliphatic heterocycles. The highest BCUT2D eigenvalue weighted by Crippen LogP contribution is 2.19. The normalized spacial score (nSPS) is 13.1. The highest BCUT2D eigenvalue weighted by atomic mass is 32.3. The summed E-state index contributed by atoms with van der Waals surface area (Å²) in [7, 11) is 0. The highest BCUT2D eigenvalue weighted by molar-refractivity contribution is 8.28. The Morgan fingerprint density at radius 3 is 1.74 bits per heavy atom. The van der Waals surface area contributed by atoms with E-state index < -0.39 is 22.4 Å². The molecule has 0 heterocycles. The molecular weight excluding hydrogens is 665 g/mol. The molecule has 0 aromatic carbocycles. The lowest BCUT2D eigenvalue weighted by atomic mass is 10.9. The second kappa shape index (κ2) is 30.0. The van der Waals surface area contributed by atoms with Gasteiger partial charge in [0.1, 0.15) is 17.3 Å². The monoisotopic (exact) mass is 698 g/mol. The lowest BCUT2D eigenvalue weighted by Gasteiger charge is -2.10. The van der Waals surface area contributed by atoms with Crippen molar-refractivity contribution in [2.45, 2.75) is 0 Å². The summed E-state index contributed by atoms with van der Waals surface area (Å²) in [6.07, 6.45) is 0. The summed E-state index contributed by atoms with van der Waals surface area (Å²) in [5, 5.41) is 20.4. The second-order valence-electron chi connectivity index (χ2n) is 5.99. The van der Waals surface area contributed by atoms with Gasteiger partial charge >= 0.3 is 0 Å². The van der Waals surface area contributed by atoms with Gasteiger partial charge in [0, 0.05) is 44.0 Å². The van der Waals surface area contributed by atoms with Crippen LogP contribution in [0.1, 0.15) is 0 Å². The maximum atomic E-state index is 12.1. The van der Waals surface area contributed by atoms with Gasteiger partial charge in [0.15, 0.2) is 15.3 Å². The molecule has 0 aliphatic rings. The molecule has 0 fully saturated rings. The molecule has 17 heteroatoms. The van der Waals surface area contributed by atoms with E-state index in [1.54, 1.807) is 35.3 Å². The molecule has 0 amide bonds. The third kappa shape index (κ3) is 29.8. The van der Waals surface area contributed by atoms with Gasteiger partial charge in [0.2, 0.25) is 0 Å². The first kappa shape index (κ1) is 38.0. The van der Waals surface area contributed by atoms with Crippen LogP contribution < -0.4 is 0 Å². The fourth-order valence-corrected chi connectivity index (χ4v) is 14.0. The van der Waals surface area contributed by atoms with Gasteiger partial charge in [-0.3, -0.25) is 9.59 Å². The molecule has 0 aliphatic carbocycles. The van der Waals surface area contributed by atoms with Crippen LogP contribution in [0.15, 0.2) is 0 Å². The van der Waals surface area contributed by atoms with Gasteiger partial charge in [-0.05, 0) is 11.2 Å². The average molecular weight is 699 g/mol. The molecule has 208 valence electrons. The third-order valence-electron chi connectivity index (χ3n) is 3.33. The Morgan fingerprint density at radius 1 is 0.571 bits per heavy atom. The predicted octanol–water partition coefficient (Wildman–Crippen LogP) is 3.87. The topological polar surface area (TPSA) is 121 Å². The first-order chi connectivity index (χ1) is 17.0. The van der Waals surface area contributed by atoms with Crippen LogP contribution in [0, 0.1) is 0 Å². The lowest BCUT2D eigenvalue weighted by molar-refractivity contribution is -0.109. The minimum Gasteiger partial charge on any atom is -0.616 e. The van der Waals surface area contributed by atoms with Crippen LogP contribution in [-0.2, 0) is 31.9 Å². The average Bonchev–Trinajstić information content (AvgIpc) is 2.84. The van der Waals surface area contributed by atoms with Gasteiger partial charge in [-0.2, -0.15) is 11.8 Å². The molecule has 6 nitrogen and oxygen atoms in total. The van der Waals surface area contributed by atoms with Crippen LogP contribution in [0.2, 0.25) is 0 Å². The van der Waals surface area contributed by atoms with Crippen molar-refractivity contribution in [2.24, 2.45) is 0 Å². The fraction of sp³-hybridized carbons (Fsp3) is 0.889. The molecule has 0 radical (unpaired) electrons. The molecule has 0 bridgehead atoms. The SMILES string of the molecule is O=C(CSCC[S+]([O-])CSCSCO)SCCSCC[S+]([O-])CCSCC(=O)SCSCSCO. The van der Waals surface area contributed by atoms with Crippen LogP contribution in [0.3, 0.4) is 0 Å². The van der Waals surface area contributed by atoms with Crippen molar-refractivity contribution in [3.63, 3.8) is 0 Å². The minimum atomic E-state index is -0.884. The smallest absolute Gasteiger partial charge is 0.199 e. The van der Waals surface area contributed by atoms with Crippen molar-refractivity contribution in [3.05, 3.63) is 0 Å². The standard InChI is InChI=1S/C18H34O6S11/c19-11-28-13-30-15-33-18(22)10-26-4-7-34(23)6-3-25-1-2-32-17(21)9-27-5-8-35(24)16-31-14-29-12-20/h19-20H,1-16H2. The molecule has 0 rings (SSSR count). The third-order valence-corrected chi connectivity index (χ3v) is 16.8. The molecule has 2 atom stereocenters. The largest absolute Gasteiger partial charge is 0.616 e. The van der Waals surface area contributed by atoms with Crippen molar-refractivity contribution in [3.8, 4) is 0 Å². The molecule has 35 heavy (non-hydrogen) atoms. The zero-order chi connectivity index (χ0) is 26.0. The first-order valence-electron chi connectivity index (χ1n) is 10.3. The Morgan fingerprint density at radius 2 is 1.11 bits per heavy atom. The number of thioether (sulfide) groups is 9. The van der Waals surface area contributed by atoms with E-state index in [2.05, 4.69) is 0 Å². The quantitative estimate of drug-likeness (QED) is 0.0772. The molecule has 0 saturated carbocycles. The van der Waals surface area contributed by atoms with Gasteiger partial charge in [-0.25, -0.2) is 0 Å². The van der Waals surface area contributed by atoms with Crippen LogP contribution in [0.4, 0.5) is 0 Å². The number of carbonyl (C=O) groups excluding carboxylic acids is 2. The molecule has 0 saturated heterocycles. The Bertz CT molecular complexity index is 510. The zero-order valence-electron chi connectivity index (χ0n) is 19.3. The number of carbonyl (C=O) groups is 2. The summed E-state index contributed by atoms with van der Waals surface area (Å²) in [5.41, 5.74) is 0. The van der Waals surface area contributed by atoms with E-state index in [1.165, 1.54) is 70.6 Å². The summed E-state index contributed by atoms with van der Waals surface area (Å²) >= 11 is 11.6. The predicted molar refractivity (Wildman–Crippen MR) is 177 cm³/mol. The summed E-state index contributed by atoms with van der Waals surface area (Å²) in [4.78, 5) is 23.6. The Hall–Kier alpha value is 3.03. The van der Waals surface area contributed by atoms with E-state index in [0.717, 1.165) is 27.4 Å². The van der Waals surface area contributed by atoms with Crippen LogP contribution in [-0.4, -0.2) is 119 Å². The van der Waals surface area contributed by atoms with Gasteiger partial charge in [0.05, 0.1) is 23.4 Å². The Balaban J connectivity index is 3.44. The van der Waals surface area contributed by atoms with Crippen LogP contribution in [0.25, 0.3) is 0 Å². The maximum absolute atomic E-state index is 12.1. The van der Waals surface area contributed by atoms with Gasteiger partial charge < -0.3 is 19.3 Å². The lowest BCUT2D eigenvalue weighted by Crippen LogP contribution is -2.15. The van der Waals surface area contributed by atoms with Crippen molar-refractivity contribution < 1.29 is 28.9 Å². The molecule has 2 unspecified atom stereocenters. The summed E-state index contributed by atoms with van der Waals surface area (Å²) < 4.78 is 23.9. The van der Waals surface area contributed by atoms with Crippen LogP contribution in [0.5, 0.6) is 0 Å². The van der Waals surface area contributed by atoms with Gasteiger partial charge in [-0.1, -0.05) is 46.5 Å². The molecule has 0 aromatic heterocycles. The summed E-state index contributed by atoms with van der Waals surface area (Å²) in [6, 6.07) is 0. The van der Waals surface area contributed by atoms with Crippen molar-refractivity contribution in [1.29, 1.82) is 0 Å². The second-order valence-corrected chi connectivity index (χ2v) is 20.2. The van der Waals surface area contributed by atoms with Crippen molar-refractivity contribution >= 4 is 138 Å². The number of aliphatic hydroxyl groups is 2. The van der Waals surface area contributed by atoms with E-state index in [0.29, 0.717) is 50.4 Å². The number of hydrogen-bond donors (Lipinski definition) is 2. The number of hydrogen-bond acceptors (Lipinski definition) is 15. The van der Waals surface area contributed by atoms with Gasteiger partial charge in [0.25, 0.3) is 0 Å². The zero-order valence-corrected chi connectivity index (χ0v) is 28.3. The minimum absolute atomic E-state index is 0.0873. The van der Waals surface area contributed by atoms with Crippen molar-refractivity contribution in [2.75, 3.05) is 89.7 Å². The highest BCUT2D eigenvalue weighted by Gasteiger charge is 2.10. The van der Waals surface area contributed by atoms with E-state index in [1.807, 2.05) is 0 Å². The first-order valence-corrected chi connectivity index (χ1v) is 23.3. The molecule has 0 aromatic rings. The fourth-order valence-electron chi connectivity index (χ4n) is 1.79. The van der Waals surface area contributed by atoms with E-state index in [9.17, 15) is 18.7 Å². The van der Waals surface area contributed by atoms with E-state index in [-0.39, 0.29) is 22.1 Å². The number of aliphatic hydroxyl groups excluding tert-OH is 2.